The Hall–Kier alpha value is -1.64. The van der Waals surface area contributed by atoms with Gasteiger partial charge in [0, 0.05) is 13.7 Å². The highest BCUT2D eigenvalue weighted by Gasteiger charge is 2.27. The second kappa shape index (κ2) is 7.39. The third-order valence-corrected chi connectivity index (χ3v) is 4.31. The fraction of sp³-hybridized carbons (Fsp3) is 0.462. The normalized spacial score (nSPS) is 12.9. The SMILES string of the molecule is COCCC(NS(=O)(=O)c1cc(C)ccc1OC)C(=O)O. The molecule has 0 bridgehead atoms. The van der Waals surface area contributed by atoms with Gasteiger partial charge in [0.15, 0.2) is 0 Å². The third-order valence-electron chi connectivity index (χ3n) is 2.81. The van der Waals surface area contributed by atoms with E-state index in [4.69, 9.17) is 14.6 Å². The zero-order valence-electron chi connectivity index (χ0n) is 12.1. The number of nitrogens with one attached hydrogen (secondary N) is 1. The fourth-order valence-corrected chi connectivity index (χ4v) is 3.19. The molecular formula is C13H19NO6S. The number of rotatable bonds is 8. The van der Waals surface area contributed by atoms with Crippen molar-refractivity contribution in [3.05, 3.63) is 23.8 Å². The van der Waals surface area contributed by atoms with E-state index in [-0.39, 0.29) is 23.7 Å². The average Bonchev–Trinajstić information content (AvgIpc) is 2.43. The van der Waals surface area contributed by atoms with Crippen LogP contribution in [-0.2, 0) is 19.6 Å². The van der Waals surface area contributed by atoms with Crippen molar-refractivity contribution in [2.45, 2.75) is 24.3 Å². The number of carboxylic acid groups (broad SMARTS) is 1. The summed E-state index contributed by atoms with van der Waals surface area (Å²) in [5.41, 5.74) is 0.722. The molecule has 0 aromatic heterocycles. The van der Waals surface area contributed by atoms with Gasteiger partial charge in [-0.15, -0.1) is 0 Å². The maximum absolute atomic E-state index is 12.3. The molecule has 2 N–H and O–H groups in total. The number of hydrogen-bond donors (Lipinski definition) is 2. The molecule has 118 valence electrons. The van der Waals surface area contributed by atoms with Crippen LogP contribution in [0.4, 0.5) is 0 Å². The summed E-state index contributed by atoms with van der Waals surface area (Å²) in [5, 5.41) is 9.08. The molecule has 1 aromatic rings. The lowest BCUT2D eigenvalue weighted by atomic mass is 10.2. The van der Waals surface area contributed by atoms with Gasteiger partial charge < -0.3 is 14.6 Å². The van der Waals surface area contributed by atoms with E-state index in [1.165, 1.54) is 26.4 Å². The first-order chi connectivity index (χ1) is 9.81. The highest BCUT2D eigenvalue weighted by Crippen LogP contribution is 2.24. The summed E-state index contributed by atoms with van der Waals surface area (Å²) in [7, 11) is -1.25. The Bertz CT molecular complexity index is 599. The molecule has 0 aliphatic carbocycles. The van der Waals surface area contributed by atoms with E-state index < -0.39 is 22.0 Å². The summed E-state index contributed by atoms with van der Waals surface area (Å²) in [5.74, 6) is -1.11. The molecule has 1 aromatic carbocycles. The van der Waals surface area contributed by atoms with Crippen LogP contribution in [0.2, 0.25) is 0 Å². The number of aliphatic carboxylic acids is 1. The van der Waals surface area contributed by atoms with Crippen molar-refractivity contribution in [2.24, 2.45) is 0 Å². The Labute approximate surface area is 123 Å². The summed E-state index contributed by atoms with van der Waals surface area (Å²) in [6.07, 6.45) is 0.0270. The van der Waals surface area contributed by atoms with Crippen molar-refractivity contribution in [3.63, 3.8) is 0 Å². The topological polar surface area (TPSA) is 102 Å². The van der Waals surface area contributed by atoms with Gasteiger partial charge >= 0.3 is 5.97 Å². The molecule has 21 heavy (non-hydrogen) atoms. The monoisotopic (exact) mass is 317 g/mol. The Morgan fingerprint density at radius 2 is 2.05 bits per heavy atom. The number of benzene rings is 1. The van der Waals surface area contributed by atoms with Gasteiger partial charge in [0.25, 0.3) is 0 Å². The van der Waals surface area contributed by atoms with E-state index in [0.717, 1.165) is 5.56 Å². The summed E-state index contributed by atoms with van der Waals surface area (Å²) < 4.78 is 36.7. The molecule has 0 heterocycles. The molecule has 7 nitrogen and oxygen atoms in total. The lowest BCUT2D eigenvalue weighted by Crippen LogP contribution is -2.41. The van der Waals surface area contributed by atoms with Crippen LogP contribution in [-0.4, -0.2) is 46.4 Å². The van der Waals surface area contributed by atoms with Gasteiger partial charge in [-0.25, -0.2) is 8.42 Å². The molecule has 0 radical (unpaired) electrons. The van der Waals surface area contributed by atoms with Crippen LogP contribution in [0, 0.1) is 6.92 Å². The standard InChI is InChI=1S/C13H19NO6S/c1-9-4-5-11(20-3)12(8-9)21(17,18)14-10(13(15)16)6-7-19-2/h4-5,8,10,14H,6-7H2,1-3H3,(H,15,16). The number of sulfonamides is 1. The van der Waals surface area contributed by atoms with Crippen LogP contribution in [0.15, 0.2) is 23.1 Å². The highest BCUT2D eigenvalue weighted by atomic mass is 32.2. The van der Waals surface area contributed by atoms with Crippen LogP contribution in [0.3, 0.4) is 0 Å². The second-order valence-electron chi connectivity index (χ2n) is 4.45. The molecule has 0 fully saturated rings. The minimum atomic E-state index is -4.01. The molecule has 8 heteroatoms. The molecule has 0 aliphatic heterocycles. The third kappa shape index (κ3) is 4.69. The van der Waals surface area contributed by atoms with Crippen molar-refractivity contribution < 1.29 is 27.8 Å². The van der Waals surface area contributed by atoms with E-state index in [1.54, 1.807) is 13.0 Å². The zero-order chi connectivity index (χ0) is 16.0. The smallest absolute Gasteiger partial charge is 0.321 e. The Kier molecular flexibility index (Phi) is 6.13. The average molecular weight is 317 g/mol. The molecule has 0 saturated heterocycles. The number of methoxy groups -OCH3 is 2. The summed E-state index contributed by atoms with van der Waals surface area (Å²) in [4.78, 5) is 11.0. The number of ether oxygens (including phenoxy) is 2. The molecule has 0 spiro atoms. The van der Waals surface area contributed by atoms with Crippen molar-refractivity contribution in [1.82, 2.24) is 4.72 Å². The van der Waals surface area contributed by atoms with Crippen LogP contribution < -0.4 is 9.46 Å². The van der Waals surface area contributed by atoms with Crippen LogP contribution in [0.1, 0.15) is 12.0 Å². The van der Waals surface area contributed by atoms with Crippen LogP contribution in [0.25, 0.3) is 0 Å². The predicted molar refractivity (Wildman–Crippen MR) is 76.0 cm³/mol. The molecule has 0 amide bonds. The predicted octanol–water partition coefficient (Wildman–Crippen LogP) is 0.772. The minimum Gasteiger partial charge on any atom is -0.495 e. The number of hydrogen-bond acceptors (Lipinski definition) is 5. The summed E-state index contributed by atoms with van der Waals surface area (Å²) in [6.45, 7) is 1.86. The number of carbonyl (C=O) groups is 1. The first-order valence-corrected chi connectivity index (χ1v) is 7.69. The van der Waals surface area contributed by atoms with Gasteiger partial charge in [-0.3, -0.25) is 4.79 Å². The Morgan fingerprint density at radius 1 is 1.38 bits per heavy atom. The molecule has 1 atom stereocenters. The Morgan fingerprint density at radius 3 is 2.57 bits per heavy atom. The van der Waals surface area contributed by atoms with Gasteiger partial charge in [-0.1, -0.05) is 6.07 Å². The van der Waals surface area contributed by atoms with E-state index in [9.17, 15) is 13.2 Å². The van der Waals surface area contributed by atoms with Crippen LogP contribution >= 0.6 is 0 Å². The quantitative estimate of drug-likeness (QED) is 0.734. The fourth-order valence-electron chi connectivity index (χ4n) is 1.71. The largest absolute Gasteiger partial charge is 0.495 e. The van der Waals surface area contributed by atoms with Gasteiger partial charge in [0.2, 0.25) is 10.0 Å². The molecule has 0 aliphatic rings. The van der Waals surface area contributed by atoms with Gasteiger partial charge in [0.05, 0.1) is 7.11 Å². The first kappa shape index (κ1) is 17.4. The maximum Gasteiger partial charge on any atom is 0.321 e. The van der Waals surface area contributed by atoms with Crippen LogP contribution in [0.5, 0.6) is 5.75 Å². The van der Waals surface area contributed by atoms with E-state index in [0.29, 0.717) is 0 Å². The van der Waals surface area contributed by atoms with Gasteiger partial charge in [-0.2, -0.15) is 4.72 Å². The van der Waals surface area contributed by atoms with Crippen molar-refractivity contribution in [2.75, 3.05) is 20.8 Å². The van der Waals surface area contributed by atoms with Crippen molar-refractivity contribution >= 4 is 16.0 Å². The molecule has 1 unspecified atom stereocenters. The van der Waals surface area contributed by atoms with E-state index in [1.807, 2.05) is 0 Å². The van der Waals surface area contributed by atoms with Crippen molar-refractivity contribution in [3.8, 4) is 5.75 Å². The zero-order valence-corrected chi connectivity index (χ0v) is 12.9. The van der Waals surface area contributed by atoms with Crippen molar-refractivity contribution in [1.29, 1.82) is 0 Å². The summed E-state index contributed by atoms with van der Waals surface area (Å²) >= 11 is 0. The van der Waals surface area contributed by atoms with E-state index >= 15 is 0 Å². The molecule has 0 saturated carbocycles. The molecule has 1 rings (SSSR count). The van der Waals surface area contributed by atoms with Gasteiger partial charge in [-0.05, 0) is 31.0 Å². The number of aryl methyl sites for hydroxylation is 1. The Balaban J connectivity index is 3.09. The first-order valence-electron chi connectivity index (χ1n) is 6.20. The maximum atomic E-state index is 12.3. The second-order valence-corrected chi connectivity index (χ2v) is 6.13. The lowest BCUT2D eigenvalue weighted by molar-refractivity contribution is -0.139. The molecular weight excluding hydrogens is 298 g/mol. The van der Waals surface area contributed by atoms with Gasteiger partial charge in [0.1, 0.15) is 16.7 Å². The highest BCUT2D eigenvalue weighted by molar-refractivity contribution is 7.89. The van der Waals surface area contributed by atoms with E-state index in [2.05, 4.69) is 4.72 Å². The minimum absolute atomic E-state index is 0.0270. The number of carboxylic acids is 1. The lowest BCUT2D eigenvalue weighted by Gasteiger charge is -2.16. The summed E-state index contributed by atoms with van der Waals surface area (Å²) in [6, 6.07) is 3.39.